The predicted molar refractivity (Wildman–Crippen MR) is 135 cm³/mol. The number of benzene rings is 1. The molecule has 36 heavy (non-hydrogen) atoms. The summed E-state index contributed by atoms with van der Waals surface area (Å²) < 4.78 is 46.6. The van der Waals surface area contributed by atoms with Crippen molar-refractivity contribution < 1.29 is 22.7 Å². The summed E-state index contributed by atoms with van der Waals surface area (Å²) in [5.74, 6) is 0.931. The summed E-state index contributed by atoms with van der Waals surface area (Å²) in [7, 11) is -1.48. The van der Waals surface area contributed by atoms with Crippen LogP contribution in [0.5, 0.6) is 5.75 Å². The zero-order chi connectivity index (χ0) is 25.3. The summed E-state index contributed by atoms with van der Waals surface area (Å²) >= 11 is 0. The van der Waals surface area contributed by atoms with Crippen molar-refractivity contribution in [2.24, 2.45) is 5.92 Å². The van der Waals surface area contributed by atoms with Gasteiger partial charge in [-0.2, -0.15) is 4.31 Å². The number of aromatic nitrogens is 3. The minimum absolute atomic E-state index is 0.0108. The Labute approximate surface area is 210 Å². The van der Waals surface area contributed by atoms with Crippen LogP contribution in [-0.4, -0.2) is 76.9 Å². The van der Waals surface area contributed by atoms with E-state index in [0.29, 0.717) is 5.75 Å². The number of aliphatic hydroxyl groups is 1. The van der Waals surface area contributed by atoms with Crippen molar-refractivity contribution in [1.82, 2.24) is 19.3 Å². The van der Waals surface area contributed by atoms with Crippen LogP contribution in [0.1, 0.15) is 32.1 Å². The van der Waals surface area contributed by atoms with Gasteiger partial charge in [-0.1, -0.05) is 6.07 Å². The fourth-order valence-electron chi connectivity index (χ4n) is 5.36. The minimum Gasteiger partial charge on any atom is -0.490 e. The SMILES string of the molecule is CN(c1ncnc2[nH]ccc12)C1CCC(CS(=O)(=O)N2CC[C@@](O)(COc3cccc(F)c3)C2)CC1. The predicted octanol–water partition coefficient (Wildman–Crippen LogP) is 2.94. The third-order valence-corrected chi connectivity index (χ3v) is 9.46. The van der Waals surface area contributed by atoms with E-state index in [1.807, 2.05) is 19.3 Å². The number of nitrogens with zero attached hydrogens (tertiary/aromatic N) is 4. The van der Waals surface area contributed by atoms with Crippen LogP contribution in [0.2, 0.25) is 0 Å². The molecule has 9 nitrogen and oxygen atoms in total. The Kier molecular flexibility index (Phi) is 6.88. The first-order valence-corrected chi connectivity index (χ1v) is 13.9. The highest BCUT2D eigenvalue weighted by Crippen LogP contribution is 2.33. The molecule has 0 amide bonds. The third-order valence-electron chi connectivity index (χ3n) is 7.47. The molecule has 11 heteroatoms. The lowest BCUT2D eigenvalue weighted by atomic mass is 9.86. The lowest BCUT2D eigenvalue weighted by Crippen LogP contribution is -2.42. The number of sulfonamides is 1. The second kappa shape index (κ2) is 9.95. The van der Waals surface area contributed by atoms with E-state index < -0.39 is 21.4 Å². The van der Waals surface area contributed by atoms with Crippen molar-refractivity contribution >= 4 is 26.9 Å². The maximum Gasteiger partial charge on any atom is 0.214 e. The Balaban J connectivity index is 1.13. The van der Waals surface area contributed by atoms with Gasteiger partial charge < -0.3 is 19.7 Å². The molecular weight excluding hydrogens is 485 g/mol. The van der Waals surface area contributed by atoms with E-state index in [4.69, 9.17) is 4.74 Å². The van der Waals surface area contributed by atoms with Crippen molar-refractivity contribution in [3.8, 4) is 5.75 Å². The van der Waals surface area contributed by atoms with Gasteiger partial charge in [0.25, 0.3) is 0 Å². The number of hydrogen-bond donors (Lipinski definition) is 2. The topological polar surface area (TPSA) is 112 Å². The number of H-pyrrole nitrogens is 1. The summed E-state index contributed by atoms with van der Waals surface area (Å²) in [6.07, 6.45) is 7.10. The highest BCUT2D eigenvalue weighted by molar-refractivity contribution is 7.89. The lowest BCUT2D eigenvalue weighted by molar-refractivity contribution is 0.00863. The second-order valence-corrected chi connectivity index (χ2v) is 12.1. The van der Waals surface area contributed by atoms with Crippen molar-refractivity contribution in [2.75, 3.05) is 37.4 Å². The summed E-state index contributed by atoms with van der Waals surface area (Å²) in [5, 5.41) is 11.9. The van der Waals surface area contributed by atoms with Crippen LogP contribution in [0.25, 0.3) is 11.0 Å². The van der Waals surface area contributed by atoms with E-state index in [2.05, 4.69) is 19.9 Å². The molecule has 2 fully saturated rings. The number of anilines is 1. The van der Waals surface area contributed by atoms with E-state index in [9.17, 15) is 17.9 Å². The minimum atomic E-state index is -3.51. The molecule has 0 radical (unpaired) electrons. The number of fused-ring (bicyclic) bond motifs is 1. The second-order valence-electron chi connectivity index (χ2n) is 10.1. The average Bonchev–Trinajstić information content (AvgIpc) is 3.50. The van der Waals surface area contributed by atoms with Crippen LogP contribution in [0.4, 0.5) is 10.2 Å². The maximum atomic E-state index is 13.4. The summed E-state index contributed by atoms with van der Waals surface area (Å²) in [6, 6.07) is 7.95. The number of β-amino-alcohol motifs (C(OH)–C–C–N with tert-alkyl or cyclic N) is 1. The molecule has 1 saturated heterocycles. The number of rotatable bonds is 8. The number of aromatic amines is 1. The van der Waals surface area contributed by atoms with Crippen LogP contribution < -0.4 is 9.64 Å². The smallest absolute Gasteiger partial charge is 0.214 e. The Bertz CT molecular complexity index is 1310. The van der Waals surface area contributed by atoms with Crippen LogP contribution in [0, 0.1) is 11.7 Å². The van der Waals surface area contributed by atoms with Gasteiger partial charge >= 0.3 is 0 Å². The van der Waals surface area contributed by atoms with Gasteiger partial charge in [-0.25, -0.2) is 22.8 Å². The molecule has 2 aromatic heterocycles. The number of hydrogen-bond acceptors (Lipinski definition) is 7. The normalized spacial score (nSPS) is 25.3. The van der Waals surface area contributed by atoms with E-state index in [1.165, 1.54) is 22.5 Å². The van der Waals surface area contributed by atoms with Crippen LogP contribution in [0.15, 0.2) is 42.9 Å². The van der Waals surface area contributed by atoms with Crippen molar-refractivity contribution in [3.63, 3.8) is 0 Å². The first-order chi connectivity index (χ1) is 17.2. The molecule has 2 aliphatic rings. The van der Waals surface area contributed by atoms with Gasteiger partial charge in [-0.05, 0) is 56.2 Å². The van der Waals surface area contributed by atoms with E-state index in [0.717, 1.165) is 42.5 Å². The first kappa shape index (κ1) is 24.9. The Morgan fingerprint density at radius 1 is 1.25 bits per heavy atom. The molecule has 1 aromatic carbocycles. The van der Waals surface area contributed by atoms with E-state index >= 15 is 0 Å². The summed E-state index contributed by atoms with van der Waals surface area (Å²) in [6.45, 7) is 0.157. The average molecular weight is 518 g/mol. The fourth-order valence-corrected chi connectivity index (χ4v) is 7.31. The van der Waals surface area contributed by atoms with E-state index in [1.54, 1.807) is 12.4 Å². The molecule has 3 aromatic rings. The standard InChI is InChI=1S/C25H32FN5O4S/c1-30(24-22-9-11-27-23(22)28-17-29-24)20-7-5-18(6-8-20)14-36(33,34)31-12-10-25(32,15-31)16-35-21-4-2-3-19(26)13-21/h2-4,9,11,13,17-18,20,32H,5-8,10,12,14-16H2,1H3,(H,27,28,29)/t18?,20?,25-/m0/s1. The van der Waals surface area contributed by atoms with Gasteiger partial charge in [-0.3, -0.25) is 0 Å². The molecule has 0 spiro atoms. The largest absolute Gasteiger partial charge is 0.490 e. The van der Waals surface area contributed by atoms with Crippen LogP contribution in [-0.2, 0) is 10.0 Å². The number of nitrogens with one attached hydrogen (secondary N) is 1. The van der Waals surface area contributed by atoms with E-state index in [-0.39, 0.29) is 43.8 Å². The van der Waals surface area contributed by atoms with Gasteiger partial charge in [0, 0.05) is 38.4 Å². The third kappa shape index (κ3) is 5.33. The zero-order valence-electron chi connectivity index (χ0n) is 20.3. The highest BCUT2D eigenvalue weighted by Gasteiger charge is 2.42. The van der Waals surface area contributed by atoms with Gasteiger partial charge in [0.05, 0.1) is 11.1 Å². The molecular formula is C25H32FN5O4S. The zero-order valence-corrected chi connectivity index (χ0v) is 21.1. The maximum absolute atomic E-state index is 13.4. The van der Waals surface area contributed by atoms with Crippen LogP contribution >= 0.6 is 0 Å². The monoisotopic (exact) mass is 517 g/mol. The molecule has 1 aliphatic carbocycles. The molecule has 2 N–H and O–H groups in total. The quantitative estimate of drug-likeness (QED) is 0.473. The van der Waals surface area contributed by atoms with Gasteiger partial charge in [0.2, 0.25) is 10.0 Å². The van der Waals surface area contributed by atoms with Gasteiger partial charge in [0.1, 0.15) is 41.6 Å². The highest BCUT2D eigenvalue weighted by atomic mass is 32.2. The summed E-state index contributed by atoms with van der Waals surface area (Å²) in [5.41, 5.74) is -0.487. The molecule has 5 rings (SSSR count). The van der Waals surface area contributed by atoms with Gasteiger partial charge in [-0.15, -0.1) is 0 Å². The molecule has 1 aliphatic heterocycles. The van der Waals surface area contributed by atoms with Crippen molar-refractivity contribution in [1.29, 1.82) is 0 Å². The number of halogens is 1. The molecule has 0 bridgehead atoms. The van der Waals surface area contributed by atoms with Crippen LogP contribution in [0.3, 0.4) is 0 Å². The first-order valence-electron chi connectivity index (χ1n) is 12.3. The Hall–Kier alpha value is -2.76. The van der Waals surface area contributed by atoms with Crippen molar-refractivity contribution in [3.05, 3.63) is 48.7 Å². The van der Waals surface area contributed by atoms with Crippen molar-refractivity contribution in [2.45, 2.75) is 43.7 Å². The van der Waals surface area contributed by atoms with Gasteiger partial charge in [0.15, 0.2) is 0 Å². The molecule has 3 heterocycles. The fraction of sp³-hybridized carbons (Fsp3) is 0.520. The molecule has 0 unspecified atom stereocenters. The molecule has 1 saturated carbocycles. The number of ether oxygens (including phenoxy) is 1. The molecule has 194 valence electrons. The lowest BCUT2D eigenvalue weighted by Gasteiger charge is -2.35. The Morgan fingerprint density at radius 3 is 2.83 bits per heavy atom. The Morgan fingerprint density at radius 2 is 2.06 bits per heavy atom. The summed E-state index contributed by atoms with van der Waals surface area (Å²) in [4.78, 5) is 14.0. The molecule has 1 atom stereocenters.